The van der Waals surface area contributed by atoms with E-state index in [1.807, 2.05) is 6.92 Å². The van der Waals surface area contributed by atoms with Gasteiger partial charge in [-0.2, -0.15) is 0 Å². The molecule has 0 saturated carbocycles. The maximum absolute atomic E-state index is 11.1. The predicted molar refractivity (Wildman–Crippen MR) is 64.7 cm³/mol. The number of ether oxygens (including phenoxy) is 2. The van der Waals surface area contributed by atoms with E-state index in [0.29, 0.717) is 17.9 Å². The van der Waals surface area contributed by atoms with Crippen molar-refractivity contribution in [1.29, 1.82) is 0 Å². The predicted octanol–water partition coefficient (Wildman–Crippen LogP) is 1.93. The second-order valence-electron chi connectivity index (χ2n) is 3.94. The smallest absolute Gasteiger partial charge is 0.333 e. The van der Waals surface area contributed by atoms with Crippen LogP contribution in [0.1, 0.15) is 20.3 Å². The molecule has 0 N–H and O–H groups in total. The second-order valence-corrected chi connectivity index (χ2v) is 7.17. The summed E-state index contributed by atoms with van der Waals surface area (Å²) >= 11 is 0. The molecule has 0 radical (unpaired) electrons. The number of rotatable bonds is 7. The van der Waals surface area contributed by atoms with Gasteiger partial charge >= 0.3 is 5.97 Å². The molecule has 0 bridgehead atoms. The lowest BCUT2D eigenvalue weighted by molar-refractivity contribution is -0.139. The summed E-state index contributed by atoms with van der Waals surface area (Å²) in [5, 5.41) is 0. The van der Waals surface area contributed by atoms with Crippen LogP contribution in [0.25, 0.3) is 0 Å². The Kier molecular flexibility index (Phi) is 7.34. The van der Waals surface area contributed by atoms with Crippen molar-refractivity contribution in [2.45, 2.75) is 39.1 Å². The number of esters is 1. The van der Waals surface area contributed by atoms with E-state index < -0.39 is 8.80 Å². The molecule has 0 fully saturated rings. The monoisotopic (exact) mass is 230 g/mol. The van der Waals surface area contributed by atoms with E-state index in [-0.39, 0.29) is 5.97 Å². The second kappa shape index (κ2) is 7.65. The summed E-state index contributed by atoms with van der Waals surface area (Å²) < 4.78 is 10.6. The first kappa shape index (κ1) is 14.4. The van der Waals surface area contributed by atoms with Crippen LogP contribution in [0.2, 0.25) is 13.1 Å². The zero-order chi connectivity index (χ0) is 11.8. The number of hydrogen-bond acceptors (Lipinski definition) is 3. The molecule has 0 rings (SSSR count). The first-order chi connectivity index (χ1) is 6.99. The van der Waals surface area contributed by atoms with Crippen LogP contribution in [-0.2, 0) is 14.3 Å². The minimum absolute atomic E-state index is 0.299. The Hall–Kier alpha value is -0.613. The van der Waals surface area contributed by atoms with Gasteiger partial charge < -0.3 is 9.47 Å². The van der Waals surface area contributed by atoms with Crippen LogP contribution in [0, 0.1) is 0 Å². The third-order valence-electron chi connectivity index (χ3n) is 2.11. The molecule has 0 aliphatic rings. The lowest BCUT2D eigenvalue weighted by Gasteiger charge is -2.19. The van der Waals surface area contributed by atoms with E-state index in [4.69, 9.17) is 9.47 Å². The summed E-state index contributed by atoms with van der Waals surface area (Å²) in [5.74, 6) is -0.310. The molecule has 3 nitrogen and oxygen atoms in total. The Morgan fingerprint density at radius 2 is 2.07 bits per heavy atom. The lowest BCUT2D eigenvalue weighted by Crippen LogP contribution is -2.29. The van der Waals surface area contributed by atoms with Crippen molar-refractivity contribution in [1.82, 2.24) is 0 Å². The van der Waals surface area contributed by atoms with Crippen LogP contribution in [0.15, 0.2) is 12.2 Å². The van der Waals surface area contributed by atoms with E-state index in [1.54, 1.807) is 6.92 Å². The molecule has 0 saturated heterocycles. The Morgan fingerprint density at radius 1 is 1.47 bits per heavy atom. The van der Waals surface area contributed by atoms with E-state index >= 15 is 0 Å². The van der Waals surface area contributed by atoms with Crippen LogP contribution in [-0.4, -0.2) is 33.7 Å². The maximum atomic E-state index is 11.1. The van der Waals surface area contributed by atoms with Gasteiger partial charge in [0.15, 0.2) is 0 Å². The number of carbonyl (C=O) groups excluding carboxylic acids is 1. The van der Waals surface area contributed by atoms with Crippen molar-refractivity contribution in [3.63, 3.8) is 0 Å². The molecular weight excluding hydrogens is 208 g/mol. The molecular formula is C11H22O3Si. The molecule has 88 valence electrons. The van der Waals surface area contributed by atoms with Gasteiger partial charge in [0, 0.05) is 24.3 Å². The highest BCUT2D eigenvalue weighted by molar-refractivity contribution is 6.57. The zero-order valence-corrected chi connectivity index (χ0v) is 11.4. The van der Waals surface area contributed by atoms with Crippen LogP contribution in [0.5, 0.6) is 0 Å². The maximum Gasteiger partial charge on any atom is 0.333 e. The molecule has 4 heteroatoms. The van der Waals surface area contributed by atoms with Crippen molar-refractivity contribution in [2.75, 3.05) is 13.2 Å². The first-order valence-corrected chi connectivity index (χ1v) is 8.40. The Bertz CT molecular complexity index is 214. The van der Waals surface area contributed by atoms with Gasteiger partial charge in [-0.3, -0.25) is 0 Å². The average Bonchev–Trinajstić information content (AvgIpc) is 2.15. The van der Waals surface area contributed by atoms with Crippen molar-refractivity contribution < 1.29 is 14.3 Å². The molecule has 0 aliphatic heterocycles. The largest absolute Gasteiger partial charge is 0.462 e. The van der Waals surface area contributed by atoms with E-state index in [1.165, 1.54) is 0 Å². The average molecular weight is 230 g/mol. The highest BCUT2D eigenvalue weighted by atomic mass is 28.3. The van der Waals surface area contributed by atoms with Gasteiger partial charge in [-0.05, 0) is 13.8 Å². The normalized spacial score (nSPS) is 12.6. The topological polar surface area (TPSA) is 35.5 Å². The number of carbonyl (C=O) groups is 1. The Labute approximate surface area is 94.1 Å². The fourth-order valence-electron chi connectivity index (χ4n) is 1.21. The van der Waals surface area contributed by atoms with Crippen molar-refractivity contribution in [3.8, 4) is 0 Å². The SMILES string of the molecule is C=C(C)C(=O)OCCC(OCC)[SiH](C)C. The molecule has 1 unspecified atom stereocenters. The van der Waals surface area contributed by atoms with E-state index in [0.717, 1.165) is 13.0 Å². The summed E-state index contributed by atoms with van der Waals surface area (Å²) in [4.78, 5) is 11.1. The van der Waals surface area contributed by atoms with E-state index in [9.17, 15) is 4.79 Å². The summed E-state index contributed by atoms with van der Waals surface area (Å²) in [6, 6.07) is 0. The highest BCUT2D eigenvalue weighted by Crippen LogP contribution is 2.05. The molecule has 0 aromatic rings. The van der Waals surface area contributed by atoms with Gasteiger partial charge in [0.1, 0.15) is 0 Å². The molecule has 0 aromatic carbocycles. The quantitative estimate of drug-likeness (QED) is 0.381. The molecule has 1 atom stereocenters. The zero-order valence-electron chi connectivity index (χ0n) is 10.2. The standard InChI is InChI=1S/C11H22O3Si/c1-6-13-10(15(4)5)7-8-14-11(12)9(2)3/h10,15H,2,6-8H2,1,3-5H3. The molecule has 0 spiro atoms. The molecule has 15 heavy (non-hydrogen) atoms. The van der Waals surface area contributed by atoms with Gasteiger partial charge in [-0.1, -0.05) is 19.7 Å². The fraction of sp³-hybridized carbons (Fsp3) is 0.727. The Morgan fingerprint density at radius 3 is 2.47 bits per heavy atom. The summed E-state index contributed by atoms with van der Waals surface area (Å²) in [6.07, 6.45) is 0.802. The van der Waals surface area contributed by atoms with Gasteiger partial charge in [0.2, 0.25) is 0 Å². The summed E-state index contributed by atoms with van der Waals surface area (Å²) in [5.41, 5.74) is 0.748. The minimum atomic E-state index is -0.827. The molecule has 0 aliphatic carbocycles. The molecule has 0 amide bonds. The van der Waals surface area contributed by atoms with Crippen LogP contribution in [0.3, 0.4) is 0 Å². The van der Waals surface area contributed by atoms with Gasteiger partial charge in [-0.15, -0.1) is 0 Å². The molecule has 0 aromatic heterocycles. The van der Waals surface area contributed by atoms with Crippen LogP contribution in [0.4, 0.5) is 0 Å². The highest BCUT2D eigenvalue weighted by Gasteiger charge is 2.15. The number of hydrogen-bond donors (Lipinski definition) is 0. The van der Waals surface area contributed by atoms with Crippen molar-refractivity contribution in [2.24, 2.45) is 0 Å². The summed E-state index contributed by atoms with van der Waals surface area (Å²) in [6.45, 7) is 12.8. The van der Waals surface area contributed by atoms with Gasteiger partial charge in [-0.25, -0.2) is 4.79 Å². The summed E-state index contributed by atoms with van der Waals surface area (Å²) in [7, 11) is -0.827. The molecule has 0 heterocycles. The first-order valence-electron chi connectivity index (χ1n) is 5.43. The van der Waals surface area contributed by atoms with Crippen LogP contribution < -0.4 is 0 Å². The third kappa shape index (κ3) is 6.46. The van der Waals surface area contributed by atoms with Crippen molar-refractivity contribution in [3.05, 3.63) is 12.2 Å². The fourth-order valence-corrected chi connectivity index (χ4v) is 2.59. The Balaban J connectivity index is 3.80. The third-order valence-corrected chi connectivity index (χ3v) is 4.12. The van der Waals surface area contributed by atoms with Crippen molar-refractivity contribution >= 4 is 14.8 Å². The lowest BCUT2D eigenvalue weighted by atomic mass is 10.4. The van der Waals surface area contributed by atoms with Gasteiger partial charge in [0.05, 0.1) is 15.4 Å². The van der Waals surface area contributed by atoms with Gasteiger partial charge in [0.25, 0.3) is 0 Å². The van der Waals surface area contributed by atoms with E-state index in [2.05, 4.69) is 19.7 Å². The minimum Gasteiger partial charge on any atom is -0.462 e. The van der Waals surface area contributed by atoms with Crippen LogP contribution >= 0.6 is 0 Å².